The number of likely N-dealkylation sites (tertiary alicyclic amines) is 1. The summed E-state index contributed by atoms with van der Waals surface area (Å²) in [6.45, 7) is 6.06. The van der Waals surface area contributed by atoms with Crippen LogP contribution in [-0.4, -0.2) is 29.9 Å². The summed E-state index contributed by atoms with van der Waals surface area (Å²) in [7, 11) is 0. The van der Waals surface area contributed by atoms with E-state index in [2.05, 4.69) is 23.6 Å². The first-order valence-electron chi connectivity index (χ1n) is 12.1. The lowest BCUT2D eigenvalue weighted by atomic mass is 9.89. The van der Waals surface area contributed by atoms with E-state index in [0.717, 1.165) is 42.6 Å². The fourth-order valence-electron chi connectivity index (χ4n) is 4.48. The van der Waals surface area contributed by atoms with Gasteiger partial charge in [-0.3, -0.25) is 4.79 Å². The summed E-state index contributed by atoms with van der Waals surface area (Å²) in [5.74, 6) is 0.136. The number of rotatable bonds is 6. The molecule has 1 atom stereocenters. The van der Waals surface area contributed by atoms with E-state index in [9.17, 15) is 9.59 Å². The molecule has 1 aliphatic heterocycles. The van der Waals surface area contributed by atoms with E-state index < -0.39 is 0 Å². The normalized spacial score (nSPS) is 15.6. The predicted molar refractivity (Wildman–Crippen MR) is 137 cm³/mol. The van der Waals surface area contributed by atoms with Gasteiger partial charge in [-0.05, 0) is 72.7 Å². The summed E-state index contributed by atoms with van der Waals surface area (Å²) in [6.07, 6.45) is 2.92. The number of nitrogens with zero attached hydrogens (tertiary/aromatic N) is 1. The Bertz CT molecular complexity index is 1140. The summed E-state index contributed by atoms with van der Waals surface area (Å²) in [5, 5.41) is 6.06. The molecule has 2 N–H and O–H groups in total. The quantitative estimate of drug-likeness (QED) is 0.486. The van der Waals surface area contributed by atoms with Crippen LogP contribution < -0.4 is 10.6 Å². The minimum absolute atomic E-state index is 0.0684. The second-order valence-electron chi connectivity index (χ2n) is 9.00. The molecule has 1 saturated heterocycles. The van der Waals surface area contributed by atoms with Crippen molar-refractivity contribution in [3.63, 3.8) is 0 Å². The van der Waals surface area contributed by atoms with Gasteiger partial charge in [0.15, 0.2) is 0 Å². The number of aryl methyl sites for hydroxylation is 2. The van der Waals surface area contributed by atoms with Gasteiger partial charge in [0.2, 0.25) is 0 Å². The zero-order chi connectivity index (χ0) is 23.9. The summed E-state index contributed by atoms with van der Waals surface area (Å²) in [4.78, 5) is 27.6. The van der Waals surface area contributed by atoms with Crippen molar-refractivity contribution in [2.24, 2.45) is 0 Å². The maximum atomic E-state index is 12.9. The highest BCUT2D eigenvalue weighted by atomic mass is 16.2. The zero-order valence-corrected chi connectivity index (χ0v) is 20.0. The molecule has 5 nitrogen and oxygen atoms in total. The van der Waals surface area contributed by atoms with Crippen LogP contribution in [0.3, 0.4) is 0 Å². The van der Waals surface area contributed by atoms with E-state index in [4.69, 9.17) is 0 Å². The molecule has 0 spiro atoms. The summed E-state index contributed by atoms with van der Waals surface area (Å²) in [6, 6.07) is 23.8. The Hall–Kier alpha value is -3.60. The Kier molecular flexibility index (Phi) is 7.63. The average molecular weight is 456 g/mol. The van der Waals surface area contributed by atoms with Gasteiger partial charge in [-0.2, -0.15) is 0 Å². The van der Waals surface area contributed by atoms with Crippen LogP contribution in [0.4, 0.5) is 10.5 Å². The molecule has 3 aromatic carbocycles. The zero-order valence-electron chi connectivity index (χ0n) is 20.0. The van der Waals surface area contributed by atoms with Gasteiger partial charge in [-0.1, -0.05) is 55.5 Å². The molecule has 3 aromatic rings. The van der Waals surface area contributed by atoms with E-state index in [-0.39, 0.29) is 17.9 Å². The van der Waals surface area contributed by atoms with Crippen molar-refractivity contribution in [3.05, 3.63) is 101 Å². The van der Waals surface area contributed by atoms with Crippen LogP contribution in [0.25, 0.3) is 0 Å². The first-order chi connectivity index (χ1) is 16.5. The number of benzene rings is 3. The minimum Gasteiger partial charge on any atom is -0.348 e. The van der Waals surface area contributed by atoms with E-state index in [0.29, 0.717) is 18.7 Å². The number of hydrogen-bond donors (Lipinski definition) is 2. The molecule has 3 amide bonds. The molecule has 0 aliphatic carbocycles. The number of piperidine rings is 1. The average Bonchev–Trinajstić information content (AvgIpc) is 2.88. The number of hydrogen-bond acceptors (Lipinski definition) is 2. The Balaban J connectivity index is 1.37. The van der Waals surface area contributed by atoms with Crippen LogP contribution in [0.5, 0.6) is 0 Å². The van der Waals surface area contributed by atoms with Crippen LogP contribution in [0.1, 0.15) is 58.3 Å². The maximum Gasteiger partial charge on any atom is 0.321 e. The second kappa shape index (κ2) is 11.0. The molecule has 0 saturated carbocycles. The maximum absolute atomic E-state index is 12.9. The Morgan fingerprint density at radius 1 is 1.00 bits per heavy atom. The van der Waals surface area contributed by atoms with Crippen molar-refractivity contribution in [2.45, 2.75) is 45.6 Å². The van der Waals surface area contributed by atoms with Gasteiger partial charge in [0.25, 0.3) is 5.91 Å². The van der Waals surface area contributed by atoms with Crippen molar-refractivity contribution in [3.8, 4) is 0 Å². The first-order valence-corrected chi connectivity index (χ1v) is 12.1. The lowest BCUT2D eigenvalue weighted by Gasteiger charge is -2.33. The van der Waals surface area contributed by atoms with Crippen molar-refractivity contribution in [1.82, 2.24) is 10.2 Å². The lowest BCUT2D eigenvalue weighted by molar-refractivity contribution is 0.0950. The van der Waals surface area contributed by atoms with Crippen molar-refractivity contribution < 1.29 is 9.59 Å². The third-order valence-corrected chi connectivity index (χ3v) is 6.64. The summed E-state index contributed by atoms with van der Waals surface area (Å²) < 4.78 is 0. The molecule has 5 heteroatoms. The topological polar surface area (TPSA) is 61.4 Å². The Labute approximate surface area is 202 Å². The highest BCUT2D eigenvalue weighted by Gasteiger charge is 2.25. The smallest absolute Gasteiger partial charge is 0.321 e. The van der Waals surface area contributed by atoms with Gasteiger partial charge < -0.3 is 15.5 Å². The standard InChI is InChI=1S/C29H33N3O2/c1-3-22-13-15-27(16-14-22)31-29(34)32-17-7-12-26(20-32)23-10-6-11-24(18-23)28(33)30-19-25-9-5-4-8-21(25)2/h4-6,8-11,13-16,18,26H,3,7,12,17,19-20H2,1-2H3,(H,30,33)(H,31,34). The van der Waals surface area contributed by atoms with Gasteiger partial charge >= 0.3 is 6.03 Å². The molecular weight excluding hydrogens is 422 g/mol. The van der Waals surface area contributed by atoms with Gasteiger partial charge in [-0.15, -0.1) is 0 Å². The van der Waals surface area contributed by atoms with Crippen molar-refractivity contribution in [2.75, 3.05) is 18.4 Å². The number of anilines is 1. The SMILES string of the molecule is CCc1ccc(NC(=O)N2CCCC(c3cccc(C(=O)NCc4ccccc4C)c3)C2)cc1. The monoisotopic (exact) mass is 455 g/mol. The minimum atomic E-state index is -0.0777. The molecule has 1 unspecified atom stereocenters. The molecule has 0 bridgehead atoms. The fraction of sp³-hybridized carbons (Fsp3) is 0.310. The van der Waals surface area contributed by atoms with E-state index in [1.807, 2.05) is 78.6 Å². The Morgan fingerprint density at radius 3 is 2.56 bits per heavy atom. The van der Waals surface area contributed by atoms with Crippen LogP contribution in [0.15, 0.2) is 72.8 Å². The number of urea groups is 1. The number of carbonyl (C=O) groups excluding carboxylic acids is 2. The molecule has 176 valence electrons. The first kappa shape index (κ1) is 23.6. The highest BCUT2D eigenvalue weighted by molar-refractivity contribution is 5.94. The number of amides is 3. The molecule has 4 rings (SSSR count). The summed E-state index contributed by atoms with van der Waals surface area (Å²) >= 11 is 0. The Morgan fingerprint density at radius 2 is 1.79 bits per heavy atom. The number of carbonyl (C=O) groups is 2. The van der Waals surface area contributed by atoms with Gasteiger partial charge in [0, 0.05) is 36.8 Å². The highest BCUT2D eigenvalue weighted by Crippen LogP contribution is 2.28. The van der Waals surface area contributed by atoms with E-state index >= 15 is 0 Å². The van der Waals surface area contributed by atoms with E-state index in [1.165, 1.54) is 11.1 Å². The lowest BCUT2D eigenvalue weighted by Crippen LogP contribution is -2.41. The predicted octanol–water partition coefficient (Wildman–Crippen LogP) is 5.90. The van der Waals surface area contributed by atoms with Crippen LogP contribution >= 0.6 is 0 Å². The van der Waals surface area contributed by atoms with Crippen molar-refractivity contribution >= 4 is 17.6 Å². The molecule has 34 heavy (non-hydrogen) atoms. The van der Waals surface area contributed by atoms with Gasteiger partial charge in [-0.25, -0.2) is 4.79 Å². The third kappa shape index (κ3) is 5.84. The number of nitrogens with one attached hydrogen (secondary N) is 2. The fourth-order valence-corrected chi connectivity index (χ4v) is 4.48. The third-order valence-electron chi connectivity index (χ3n) is 6.64. The van der Waals surface area contributed by atoms with Crippen LogP contribution in [0, 0.1) is 6.92 Å². The van der Waals surface area contributed by atoms with Gasteiger partial charge in [0.05, 0.1) is 0 Å². The van der Waals surface area contributed by atoms with Gasteiger partial charge in [0.1, 0.15) is 0 Å². The molecular formula is C29H33N3O2. The molecule has 1 fully saturated rings. The van der Waals surface area contributed by atoms with Crippen molar-refractivity contribution in [1.29, 1.82) is 0 Å². The van der Waals surface area contributed by atoms with Crippen LogP contribution in [0.2, 0.25) is 0 Å². The molecule has 1 heterocycles. The molecule has 1 aliphatic rings. The summed E-state index contributed by atoms with van der Waals surface area (Å²) in [5.41, 5.74) is 6.11. The van der Waals surface area contributed by atoms with Crippen LogP contribution in [-0.2, 0) is 13.0 Å². The molecule has 0 aromatic heterocycles. The van der Waals surface area contributed by atoms with E-state index in [1.54, 1.807) is 0 Å². The second-order valence-corrected chi connectivity index (χ2v) is 9.00. The largest absolute Gasteiger partial charge is 0.348 e. The molecule has 0 radical (unpaired) electrons.